The quantitative estimate of drug-likeness (QED) is 0.192. The molecule has 2 heterocycles. The van der Waals surface area contributed by atoms with Crippen molar-refractivity contribution < 1.29 is 42.2 Å². The Morgan fingerprint density at radius 3 is 2.20 bits per heavy atom. The molecule has 0 radical (unpaired) electrons. The zero-order valence-electron chi connectivity index (χ0n) is 29.0. The van der Waals surface area contributed by atoms with E-state index < -0.39 is 43.9 Å². The van der Waals surface area contributed by atoms with Crippen molar-refractivity contribution in [2.45, 2.75) is 70.4 Å². The summed E-state index contributed by atoms with van der Waals surface area (Å²) in [5, 5.41) is 3.01. The first-order valence-corrected chi connectivity index (χ1v) is 19.3. The molecule has 2 saturated heterocycles. The van der Waals surface area contributed by atoms with Gasteiger partial charge in [-0.25, -0.2) is 4.57 Å². The predicted molar refractivity (Wildman–Crippen MR) is 191 cm³/mol. The molecule has 1 amide bonds. The standard InChI is InChI=1S/C30H34NO9PS.C6H15N/c1-19-9-11-21(12-10-19)28(32)31-25-26-24(18-36-29(39-26)22-13-15-23(35-2)16-14-22)38-30(42-3)27(25)40-41(33,34)37-17-20-7-5-4-6-8-20;1-4-7(5-2)6-3/h4-16,24-27,29-30H,17-18H2,1-3H3,(H,31,32)(H,33,34);4-6H2,1-3H3/t24-,25+,26+,27-,29+,30+;/m1./s1. The molecule has 0 saturated carbocycles. The summed E-state index contributed by atoms with van der Waals surface area (Å²) < 4.78 is 48.2. The van der Waals surface area contributed by atoms with Gasteiger partial charge in [-0.1, -0.05) is 80.9 Å². The van der Waals surface area contributed by atoms with Gasteiger partial charge in [0.25, 0.3) is 5.91 Å². The van der Waals surface area contributed by atoms with Gasteiger partial charge in [0.15, 0.2) is 6.29 Å². The molecule has 268 valence electrons. The molecule has 0 bridgehead atoms. The molecular formula is C36H49N2O9PS. The number of carbonyl (C=O) groups excluding carboxylic acids is 1. The van der Waals surface area contributed by atoms with Crippen molar-refractivity contribution in [1.82, 2.24) is 10.2 Å². The SMILES string of the molecule is CCN(CC)CC.COc1ccc([C@H]2OC[C@H]3O[C@@H](SC)[C@H](OP(=O)(O)OCc4ccccc4)[C@@H](NC(=O)c4ccc(C)cc4)[C@H]3O2)cc1. The number of thioether (sulfide) groups is 1. The fraction of sp³-hybridized carbons (Fsp3) is 0.472. The second kappa shape index (κ2) is 19.0. The minimum absolute atomic E-state index is 0.136. The lowest BCUT2D eigenvalue weighted by molar-refractivity contribution is -0.298. The van der Waals surface area contributed by atoms with E-state index in [1.165, 1.54) is 31.4 Å². The maximum Gasteiger partial charge on any atom is 0.472 e. The van der Waals surface area contributed by atoms with Crippen LogP contribution in [0.15, 0.2) is 78.9 Å². The number of benzene rings is 3. The molecule has 13 heteroatoms. The molecule has 1 unspecified atom stereocenters. The van der Waals surface area contributed by atoms with Crippen molar-refractivity contribution in [1.29, 1.82) is 0 Å². The summed E-state index contributed by atoms with van der Waals surface area (Å²) in [6.45, 7) is 12.1. The van der Waals surface area contributed by atoms with Crippen molar-refractivity contribution in [2.24, 2.45) is 0 Å². The van der Waals surface area contributed by atoms with E-state index in [0.717, 1.165) is 11.1 Å². The van der Waals surface area contributed by atoms with Gasteiger partial charge in [0, 0.05) is 11.1 Å². The average Bonchev–Trinajstić information content (AvgIpc) is 3.13. The van der Waals surface area contributed by atoms with Crippen molar-refractivity contribution >= 4 is 25.5 Å². The zero-order chi connectivity index (χ0) is 35.4. The molecule has 3 aromatic carbocycles. The third kappa shape index (κ3) is 11.1. The number of hydrogen-bond donors (Lipinski definition) is 2. The predicted octanol–water partition coefficient (Wildman–Crippen LogP) is 6.35. The van der Waals surface area contributed by atoms with Gasteiger partial charge in [-0.15, -0.1) is 11.8 Å². The minimum Gasteiger partial charge on any atom is -0.497 e. The first kappa shape index (κ1) is 39.0. The topological polar surface area (TPSA) is 125 Å². The third-order valence-electron chi connectivity index (χ3n) is 8.41. The molecule has 2 N–H and O–H groups in total. The van der Waals surface area contributed by atoms with E-state index >= 15 is 0 Å². The number of nitrogens with zero attached hydrogens (tertiary/aromatic N) is 1. The van der Waals surface area contributed by atoms with Gasteiger partial charge in [-0.2, -0.15) is 0 Å². The van der Waals surface area contributed by atoms with E-state index in [9.17, 15) is 14.3 Å². The van der Waals surface area contributed by atoms with E-state index in [2.05, 4.69) is 31.0 Å². The normalized spacial score (nSPS) is 24.6. The molecule has 2 aliphatic rings. The molecule has 0 aliphatic carbocycles. The lowest BCUT2D eigenvalue weighted by Crippen LogP contribution is -2.66. The van der Waals surface area contributed by atoms with Crippen LogP contribution >= 0.6 is 19.6 Å². The maximum absolute atomic E-state index is 13.5. The van der Waals surface area contributed by atoms with Crippen molar-refractivity contribution in [3.63, 3.8) is 0 Å². The van der Waals surface area contributed by atoms with Gasteiger partial charge in [-0.05, 0) is 62.6 Å². The van der Waals surface area contributed by atoms with Crippen LogP contribution in [0.3, 0.4) is 0 Å². The van der Waals surface area contributed by atoms with E-state index in [-0.39, 0.29) is 19.1 Å². The largest absolute Gasteiger partial charge is 0.497 e. The number of aryl methyl sites for hydroxylation is 1. The number of amides is 1. The average molecular weight is 717 g/mol. The number of hydrogen-bond acceptors (Lipinski definition) is 10. The summed E-state index contributed by atoms with van der Waals surface area (Å²) in [6, 6.07) is 22.5. The number of ether oxygens (including phenoxy) is 4. The third-order valence-corrected chi connectivity index (χ3v) is 10.2. The number of methoxy groups -OCH3 is 1. The van der Waals surface area contributed by atoms with Gasteiger partial charge in [0.05, 0.1) is 26.4 Å². The van der Waals surface area contributed by atoms with Gasteiger partial charge < -0.3 is 34.1 Å². The Morgan fingerprint density at radius 1 is 0.980 bits per heavy atom. The molecule has 49 heavy (non-hydrogen) atoms. The van der Waals surface area contributed by atoms with E-state index in [4.69, 9.17) is 28.0 Å². The molecule has 0 spiro atoms. The number of phosphoric ester groups is 1. The van der Waals surface area contributed by atoms with Crippen LogP contribution in [0.4, 0.5) is 0 Å². The van der Waals surface area contributed by atoms with Gasteiger partial charge in [-0.3, -0.25) is 13.8 Å². The lowest BCUT2D eigenvalue weighted by atomic mass is 9.95. The van der Waals surface area contributed by atoms with Crippen LogP contribution < -0.4 is 10.1 Å². The Labute approximate surface area is 294 Å². The van der Waals surface area contributed by atoms with Crippen molar-refractivity contribution in [2.75, 3.05) is 39.6 Å². The molecule has 2 aliphatic heterocycles. The second-order valence-electron chi connectivity index (χ2n) is 11.6. The smallest absolute Gasteiger partial charge is 0.472 e. The van der Waals surface area contributed by atoms with Crippen LogP contribution in [0.2, 0.25) is 0 Å². The number of rotatable bonds is 13. The van der Waals surface area contributed by atoms with Crippen LogP contribution in [0.5, 0.6) is 5.75 Å². The Bertz CT molecular complexity index is 1470. The highest BCUT2D eigenvalue weighted by molar-refractivity contribution is 7.99. The fourth-order valence-corrected chi connectivity index (χ4v) is 7.27. The Balaban J connectivity index is 0.000000698. The minimum atomic E-state index is -4.61. The first-order valence-electron chi connectivity index (χ1n) is 16.5. The highest BCUT2D eigenvalue weighted by Crippen LogP contribution is 2.49. The molecule has 2 fully saturated rings. The highest BCUT2D eigenvalue weighted by atomic mass is 32.2. The Morgan fingerprint density at radius 2 is 1.63 bits per heavy atom. The van der Waals surface area contributed by atoms with E-state index in [0.29, 0.717) is 16.9 Å². The van der Waals surface area contributed by atoms with E-state index in [1.807, 2.05) is 37.3 Å². The van der Waals surface area contributed by atoms with Gasteiger partial charge in [0.1, 0.15) is 29.5 Å². The maximum atomic E-state index is 13.5. The van der Waals surface area contributed by atoms with Crippen LogP contribution in [-0.2, 0) is 34.4 Å². The van der Waals surface area contributed by atoms with Crippen molar-refractivity contribution in [3.05, 3.63) is 101 Å². The van der Waals surface area contributed by atoms with Crippen LogP contribution in [0.1, 0.15) is 54.1 Å². The van der Waals surface area contributed by atoms with Gasteiger partial charge in [0.2, 0.25) is 0 Å². The second-order valence-corrected chi connectivity index (χ2v) is 13.9. The molecule has 0 aromatic heterocycles. The molecule has 5 rings (SSSR count). The van der Waals surface area contributed by atoms with Crippen molar-refractivity contribution in [3.8, 4) is 5.75 Å². The van der Waals surface area contributed by atoms with Crippen LogP contribution in [0.25, 0.3) is 0 Å². The zero-order valence-corrected chi connectivity index (χ0v) is 30.7. The Kier molecular flexibility index (Phi) is 15.1. The summed E-state index contributed by atoms with van der Waals surface area (Å²) in [6.07, 6.45) is -1.44. The fourth-order valence-electron chi connectivity index (χ4n) is 5.52. The summed E-state index contributed by atoms with van der Waals surface area (Å²) in [5.74, 6) is 0.297. The van der Waals surface area contributed by atoms with E-state index in [1.54, 1.807) is 61.9 Å². The molecular weight excluding hydrogens is 667 g/mol. The number of fused-ring (bicyclic) bond motifs is 1. The first-order chi connectivity index (χ1) is 23.6. The molecule has 7 atom stereocenters. The number of phosphoric acid groups is 1. The Hall–Kier alpha value is -2.77. The summed E-state index contributed by atoms with van der Waals surface area (Å²) in [5.41, 5.74) is 2.14. The highest BCUT2D eigenvalue weighted by Gasteiger charge is 2.53. The van der Waals surface area contributed by atoms with Gasteiger partial charge >= 0.3 is 7.82 Å². The van der Waals surface area contributed by atoms with Crippen LogP contribution in [0, 0.1) is 6.92 Å². The summed E-state index contributed by atoms with van der Waals surface area (Å²) >= 11 is 1.28. The monoisotopic (exact) mass is 716 g/mol. The summed E-state index contributed by atoms with van der Waals surface area (Å²) in [4.78, 5) is 26.6. The van der Waals surface area contributed by atoms with Crippen LogP contribution in [-0.4, -0.2) is 85.1 Å². The molecule has 3 aromatic rings. The number of carbonyl (C=O) groups is 1. The molecule has 11 nitrogen and oxygen atoms in total. The lowest BCUT2D eigenvalue weighted by Gasteiger charge is -2.49. The number of nitrogens with one attached hydrogen (secondary N) is 1. The summed E-state index contributed by atoms with van der Waals surface area (Å²) in [7, 11) is -3.03.